The first-order chi connectivity index (χ1) is 13.6. The van der Waals surface area contributed by atoms with Crippen LogP contribution in [-0.2, 0) is 10.0 Å². The Kier molecular flexibility index (Phi) is 6.16. The molecule has 1 amide bonds. The van der Waals surface area contributed by atoms with Gasteiger partial charge in [-0.2, -0.15) is 0 Å². The molecule has 1 aromatic heterocycles. The Labute approximate surface area is 174 Å². The molecule has 2 aromatic carbocycles. The zero-order chi connectivity index (χ0) is 21.2. The largest absolute Gasteiger partial charge is 0.344 e. The fourth-order valence-electron chi connectivity index (χ4n) is 2.82. The van der Waals surface area contributed by atoms with Crippen molar-refractivity contribution in [2.24, 2.45) is 5.14 Å². The number of hydrogen-bond donors (Lipinski definition) is 2. The van der Waals surface area contributed by atoms with E-state index in [1.54, 1.807) is 17.5 Å². The Balaban J connectivity index is 1.69. The molecule has 0 radical (unpaired) electrons. The summed E-state index contributed by atoms with van der Waals surface area (Å²) < 4.78 is 22.7. The van der Waals surface area contributed by atoms with Gasteiger partial charge in [0.15, 0.2) is 0 Å². The van der Waals surface area contributed by atoms with E-state index >= 15 is 0 Å². The number of sulfonamides is 1. The van der Waals surface area contributed by atoms with Crippen molar-refractivity contribution in [3.05, 3.63) is 70.7 Å². The van der Waals surface area contributed by atoms with E-state index in [9.17, 15) is 13.2 Å². The number of rotatable bonds is 6. The van der Waals surface area contributed by atoms with Crippen LogP contribution in [0.2, 0.25) is 0 Å². The second kappa shape index (κ2) is 8.44. The van der Waals surface area contributed by atoms with Crippen LogP contribution in [0.25, 0.3) is 10.6 Å². The second-order valence-electron chi connectivity index (χ2n) is 7.12. The number of nitrogens with zero attached hydrogens (tertiary/aromatic N) is 1. The first-order valence-electron chi connectivity index (χ1n) is 9.14. The number of benzene rings is 2. The van der Waals surface area contributed by atoms with Crippen LogP contribution in [0.5, 0.6) is 0 Å². The maximum atomic E-state index is 12.6. The average Bonchev–Trinajstić information content (AvgIpc) is 3.18. The minimum Gasteiger partial charge on any atom is -0.344 e. The number of amides is 1. The molecule has 0 aliphatic heterocycles. The summed E-state index contributed by atoms with van der Waals surface area (Å²) in [5.74, 6) is 0.177. The van der Waals surface area contributed by atoms with Gasteiger partial charge in [-0.25, -0.2) is 18.5 Å². The first-order valence-corrected chi connectivity index (χ1v) is 11.6. The molecule has 0 fully saturated rings. The number of carbonyl (C=O) groups is 1. The van der Waals surface area contributed by atoms with Crippen molar-refractivity contribution in [1.29, 1.82) is 0 Å². The van der Waals surface area contributed by atoms with Gasteiger partial charge in [0.2, 0.25) is 10.0 Å². The lowest BCUT2D eigenvalue weighted by atomic mass is 10.0. The van der Waals surface area contributed by atoms with Gasteiger partial charge in [-0.3, -0.25) is 4.79 Å². The highest BCUT2D eigenvalue weighted by Crippen LogP contribution is 2.26. The predicted octanol–water partition coefficient (Wildman–Crippen LogP) is 4.07. The summed E-state index contributed by atoms with van der Waals surface area (Å²) in [5, 5.41) is 10.5. The van der Waals surface area contributed by atoms with Crippen molar-refractivity contribution >= 4 is 27.3 Å². The predicted molar refractivity (Wildman–Crippen MR) is 115 cm³/mol. The van der Waals surface area contributed by atoms with E-state index in [-0.39, 0.29) is 16.8 Å². The Morgan fingerprint density at radius 3 is 2.14 bits per heavy atom. The molecule has 3 aromatic rings. The van der Waals surface area contributed by atoms with Crippen molar-refractivity contribution < 1.29 is 13.2 Å². The molecule has 152 valence electrons. The van der Waals surface area contributed by atoms with Crippen molar-refractivity contribution in [3.8, 4) is 10.6 Å². The quantitative estimate of drug-likeness (QED) is 0.616. The molecular formula is C21H23N3O3S2. The molecule has 1 heterocycles. The van der Waals surface area contributed by atoms with E-state index in [2.05, 4.69) is 36.3 Å². The molecule has 0 aliphatic carbocycles. The zero-order valence-electron chi connectivity index (χ0n) is 16.4. The summed E-state index contributed by atoms with van der Waals surface area (Å²) in [6, 6.07) is 14.0. The SMILES string of the molecule is CC(C)c1ccc(-c2nc(C(=O)NC(C)c3ccc(S(N)(=O)=O)cc3)cs2)cc1. The standard InChI is InChI=1S/C21H23N3O3S2/c1-13(2)15-4-6-17(7-5-15)21-24-19(12-28-21)20(25)23-14(3)16-8-10-18(11-9-16)29(22,26)27/h4-14H,1-3H3,(H,23,25)(H2,22,26,27). The van der Waals surface area contributed by atoms with Crippen molar-refractivity contribution in [2.75, 3.05) is 0 Å². The van der Waals surface area contributed by atoms with Crippen molar-refractivity contribution in [1.82, 2.24) is 10.3 Å². The van der Waals surface area contributed by atoms with Gasteiger partial charge in [-0.1, -0.05) is 50.2 Å². The lowest BCUT2D eigenvalue weighted by Gasteiger charge is -2.13. The van der Waals surface area contributed by atoms with Crippen molar-refractivity contribution in [3.63, 3.8) is 0 Å². The molecule has 0 aliphatic rings. The summed E-state index contributed by atoms with van der Waals surface area (Å²) >= 11 is 1.42. The first kappa shape index (κ1) is 21.2. The molecule has 0 spiro atoms. The van der Waals surface area contributed by atoms with E-state index < -0.39 is 10.0 Å². The summed E-state index contributed by atoms with van der Waals surface area (Å²) in [6.07, 6.45) is 0. The molecule has 6 nitrogen and oxygen atoms in total. The van der Waals surface area contributed by atoms with Gasteiger partial charge < -0.3 is 5.32 Å². The van der Waals surface area contributed by atoms with Crippen LogP contribution < -0.4 is 10.5 Å². The Bertz CT molecular complexity index is 1100. The van der Waals surface area contributed by atoms with Gasteiger partial charge in [0.05, 0.1) is 10.9 Å². The molecule has 8 heteroatoms. The minimum atomic E-state index is -3.74. The van der Waals surface area contributed by atoms with Crippen LogP contribution in [0.1, 0.15) is 54.3 Å². The van der Waals surface area contributed by atoms with Crippen LogP contribution >= 0.6 is 11.3 Å². The number of carbonyl (C=O) groups excluding carboxylic acids is 1. The number of hydrogen-bond acceptors (Lipinski definition) is 5. The number of aromatic nitrogens is 1. The van der Waals surface area contributed by atoms with Gasteiger partial charge in [0.25, 0.3) is 5.91 Å². The van der Waals surface area contributed by atoms with Gasteiger partial charge in [0, 0.05) is 10.9 Å². The topological polar surface area (TPSA) is 102 Å². The van der Waals surface area contributed by atoms with Crippen LogP contribution in [0.15, 0.2) is 58.8 Å². The van der Waals surface area contributed by atoms with Gasteiger partial charge in [-0.05, 0) is 36.1 Å². The fraction of sp³-hybridized carbons (Fsp3) is 0.238. The third-order valence-corrected chi connectivity index (χ3v) is 6.44. The van der Waals surface area contributed by atoms with E-state index in [0.29, 0.717) is 11.6 Å². The van der Waals surface area contributed by atoms with E-state index in [1.807, 2.05) is 19.1 Å². The fourth-order valence-corrected chi connectivity index (χ4v) is 4.14. The third-order valence-electron chi connectivity index (χ3n) is 4.62. The molecule has 29 heavy (non-hydrogen) atoms. The van der Waals surface area contributed by atoms with Crippen LogP contribution in [0.4, 0.5) is 0 Å². The Morgan fingerprint density at radius 2 is 1.59 bits per heavy atom. The number of thiazole rings is 1. The van der Waals surface area contributed by atoms with Crippen LogP contribution in [0.3, 0.4) is 0 Å². The van der Waals surface area contributed by atoms with E-state index in [1.165, 1.54) is 29.0 Å². The molecule has 3 N–H and O–H groups in total. The van der Waals surface area contributed by atoms with E-state index in [0.717, 1.165) is 16.1 Å². The summed E-state index contributed by atoms with van der Waals surface area (Å²) in [6.45, 7) is 6.11. The van der Waals surface area contributed by atoms with Gasteiger partial charge >= 0.3 is 0 Å². The molecule has 1 unspecified atom stereocenters. The molecule has 3 rings (SSSR count). The highest BCUT2D eigenvalue weighted by atomic mass is 32.2. The summed E-state index contributed by atoms with van der Waals surface area (Å²) in [4.78, 5) is 17.1. The molecule has 0 saturated carbocycles. The highest BCUT2D eigenvalue weighted by molar-refractivity contribution is 7.89. The number of nitrogens with one attached hydrogen (secondary N) is 1. The molecule has 0 bridgehead atoms. The Hall–Kier alpha value is -2.55. The smallest absolute Gasteiger partial charge is 0.271 e. The van der Waals surface area contributed by atoms with Crippen LogP contribution in [0, 0.1) is 0 Å². The van der Waals surface area contributed by atoms with Crippen LogP contribution in [-0.4, -0.2) is 19.3 Å². The average molecular weight is 430 g/mol. The molecule has 0 saturated heterocycles. The monoisotopic (exact) mass is 429 g/mol. The summed E-state index contributed by atoms with van der Waals surface area (Å²) in [7, 11) is -3.74. The highest BCUT2D eigenvalue weighted by Gasteiger charge is 2.16. The maximum Gasteiger partial charge on any atom is 0.271 e. The van der Waals surface area contributed by atoms with Gasteiger partial charge in [0.1, 0.15) is 10.7 Å². The third kappa shape index (κ3) is 5.09. The van der Waals surface area contributed by atoms with Gasteiger partial charge in [-0.15, -0.1) is 11.3 Å². The normalized spacial score (nSPS) is 12.7. The lowest BCUT2D eigenvalue weighted by Crippen LogP contribution is -2.27. The summed E-state index contributed by atoms with van der Waals surface area (Å²) in [5.41, 5.74) is 3.35. The Morgan fingerprint density at radius 1 is 1.00 bits per heavy atom. The van der Waals surface area contributed by atoms with E-state index in [4.69, 9.17) is 5.14 Å². The number of nitrogens with two attached hydrogens (primary N) is 1. The number of primary sulfonamides is 1. The van der Waals surface area contributed by atoms with Crippen molar-refractivity contribution in [2.45, 2.75) is 37.6 Å². The molecule has 1 atom stereocenters. The molecular weight excluding hydrogens is 406 g/mol. The lowest BCUT2D eigenvalue weighted by molar-refractivity contribution is 0.0935. The minimum absolute atomic E-state index is 0.0346. The maximum absolute atomic E-state index is 12.6. The zero-order valence-corrected chi connectivity index (χ0v) is 18.0. The second-order valence-corrected chi connectivity index (χ2v) is 9.54.